The van der Waals surface area contributed by atoms with Gasteiger partial charge >= 0.3 is 5.97 Å². The number of methoxy groups -OCH3 is 1. The molecule has 1 aliphatic rings. The van der Waals surface area contributed by atoms with E-state index in [1.807, 2.05) is 24.3 Å². The van der Waals surface area contributed by atoms with Gasteiger partial charge in [-0.3, -0.25) is 9.59 Å². The van der Waals surface area contributed by atoms with E-state index < -0.39 is 11.9 Å². The number of hydrogen-bond donors (Lipinski definition) is 2. The average molecular weight is 277 g/mol. The number of rotatable bonds is 7. The fraction of sp³-hybridized carbons (Fsp3) is 0.467. The molecule has 5 heteroatoms. The molecule has 0 aromatic heterocycles. The third-order valence-electron chi connectivity index (χ3n) is 3.54. The van der Waals surface area contributed by atoms with E-state index in [0.29, 0.717) is 13.0 Å². The van der Waals surface area contributed by atoms with Crippen LogP contribution in [0.4, 0.5) is 0 Å². The number of nitrogens with one attached hydrogen (secondary N) is 1. The summed E-state index contributed by atoms with van der Waals surface area (Å²) in [4.78, 5) is 22.3. The number of carboxylic acid groups (broad SMARTS) is 1. The maximum absolute atomic E-state index is 11.6. The maximum atomic E-state index is 11.6. The molecule has 0 unspecified atom stereocenters. The maximum Gasteiger partial charge on any atom is 0.307 e. The molecule has 0 bridgehead atoms. The molecule has 1 aromatic rings. The van der Waals surface area contributed by atoms with E-state index >= 15 is 0 Å². The number of hydrogen-bond acceptors (Lipinski definition) is 3. The fourth-order valence-corrected chi connectivity index (χ4v) is 2.19. The third-order valence-corrected chi connectivity index (χ3v) is 3.54. The summed E-state index contributed by atoms with van der Waals surface area (Å²) in [6, 6.07) is 7.83. The van der Waals surface area contributed by atoms with Crippen molar-refractivity contribution < 1.29 is 19.4 Å². The van der Waals surface area contributed by atoms with Gasteiger partial charge in [0, 0.05) is 6.54 Å². The lowest BCUT2D eigenvalue weighted by atomic mass is 10.1. The van der Waals surface area contributed by atoms with E-state index in [9.17, 15) is 9.59 Å². The van der Waals surface area contributed by atoms with Crippen molar-refractivity contribution in [2.75, 3.05) is 13.7 Å². The predicted molar refractivity (Wildman–Crippen MR) is 73.6 cm³/mol. The van der Waals surface area contributed by atoms with Gasteiger partial charge in [0.25, 0.3) is 0 Å². The summed E-state index contributed by atoms with van der Waals surface area (Å²) in [5.41, 5.74) is 1.19. The van der Waals surface area contributed by atoms with Gasteiger partial charge in [-0.1, -0.05) is 12.1 Å². The van der Waals surface area contributed by atoms with Crippen LogP contribution in [0.2, 0.25) is 0 Å². The summed E-state index contributed by atoms with van der Waals surface area (Å²) in [5.74, 6) is -0.976. The van der Waals surface area contributed by atoms with E-state index in [4.69, 9.17) is 9.84 Å². The zero-order chi connectivity index (χ0) is 14.5. The van der Waals surface area contributed by atoms with E-state index in [2.05, 4.69) is 5.32 Å². The molecule has 2 atom stereocenters. The second-order valence-corrected chi connectivity index (χ2v) is 5.03. The van der Waals surface area contributed by atoms with Gasteiger partial charge in [-0.2, -0.15) is 0 Å². The van der Waals surface area contributed by atoms with E-state index in [1.54, 1.807) is 7.11 Å². The van der Waals surface area contributed by atoms with Crippen LogP contribution in [0.15, 0.2) is 24.3 Å². The smallest absolute Gasteiger partial charge is 0.307 e. The van der Waals surface area contributed by atoms with Gasteiger partial charge in [-0.25, -0.2) is 0 Å². The zero-order valence-corrected chi connectivity index (χ0v) is 11.5. The fourth-order valence-electron chi connectivity index (χ4n) is 2.19. The van der Waals surface area contributed by atoms with Crippen molar-refractivity contribution in [1.29, 1.82) is 0 Å². The Morgan fingerprint density at radius 2 is 2.00 bits per heavy atom. The van der Waals surface area contributed by atoms with E-state index in [1.165, 1.54) is 5.56 Å². The number of aliphatic carboxylic acids is 1. The normalized spacial score (nSPS) is 20.2. The number of benzene rings is 1. The monoisotopic (exact) mass is 277 g/mol. The summed E-state index contributed by atoms with van der Waals surface area (Å²) in [5, 5.41) is 11.5. The lowest BCUT2D eigenvalue weighted by Crippen LogP contribution is -2.27. The molecule has 1 aliphatic carbocycles. The van der Waals surface area contributed by atoms with Crippen LogP contribution in [0.25, 0.3) is 0 Å². The van der Waals surface area contributed by atoms with Gasteiger partial charge in [0.15, 0.2) is 0 Å². The summed E-state index contributed by atoms with van der Waals surface area (Å²) in [6.07, 6.45) is 2.18. The summed E-state index contributed by atoms with van der Waals surface area (Å²) in [6.45, 7) is 0.577. The van der Waals surface area contributed by atoms with Gasteiger partial charge in [0.1, 0.15) is 5.75 Å². The van der Waals surface area contributed by atoms with Crippen LogP contribution in [0.1, 0.15) is 18.4 Å². The zero-order valence-electron chi connectivity index (χ0n) is 11.5. The molecule has 1 aromatic carbocycles. The molecule has 0 spiro atoms. The van der Waals surface area contributed by atoms with Crippen molar-refractivity contribution in [3.63, 3.8) is 0 Å². The Labute approximate surface area is 117 Å². The summed E-state index contributed by atoms with van der Waals surface area (Å²) >= 11 is 0. The highest BCUT2D eigenvalue weighted by Gasteiger charge is 2.48. The molecule has 0 radical (unpaired) electrons. The van der Waals surface area contributed by atoms with Gasteiger partial charge in [-0.15, -0.1) is 0 Å². The van der Waals surface area contributed by atoms with Crippen LogP contribution in [0.5, 0.6) is 5.75 Å². The largest absolute Gasteiger partial charge is 0.497 e. The van der Waals surface area contributed by atoms with Crippen LogP contribution in [-0.2, 0) is 16.0 Å². The SMILES string of the molecule is COc1ccc(CCCNC(=O)[C@@H]2C[C@@H]2C(=O)O)cc1. The Hall–Kier alpha value is -2.04. The minimum absolute atomic E-state index is 0.132. The molecular weight excluding hydrogens is 258 g/mol. The molecule has 0 aliphatic heterocycles. The van der Waals surface area contributed by atoms with Crippen molar-refractivity contribution >= 4 is 11.9 Å². The molecule has 2 rings (SSSR count). The van der Waals surface area contributed by atoms with Crippen LogP contribution in [0, 0.1) is 11.8 Å². The first-order chi connectivity index (χ1) is 9.61. The van der Waals surface area contributed by atoms with E-state index in [-0.39, 0.29) is 11.8 Å². The van der Waals surface area contributed by atoms with Crippen molar-refractivity contribution in [1.82, 2.24) is 5.32 Å². The molecule has 1 fully saturated rings. The number of carbonyl (C=O) groups excluding carboxylic acids is 1. The molecule has 108 valence electrons. The Bertz CT molecular complexity index is 483. The molecule has 0 saturated heterocycles. The molecule has 5 nitrogen and oxygen atoms in total. The third kappa shape index (κ3) is 3.73. The minimum atomic E-state index is -0.872. The van der Waals surface area contributed by atoms with Crippen LogP contribution < -0.4 is 10.1 Å². The molecule has 20 heavy (non-hydrogen) atoms. The van der Waals surface area contributed by atoms with Crippen molar-refractivity contribution in [2.24, 2.45) is 11.8 Å². The topological polar surface area (TPSA) is 75.6 Å². The molecule has 0 heterocycles. The second-order valence-electron chi connectivity index (χ2n) is 5.03. The molecule has 1 amide bonds. The quantitative estimate of drug-likeness (QED) is 0.740. The van der Waals surface area contributed by atoms with Crippen LogP contribution in [-0.4, -0.2) is 30.6 Å². The van der Waals surface area contributed by atoms with Gasteiger partial charge in [-0.05, 0) is 37.0 Å². The molecular formula is C15H19NO4. The van der Waals surface area contributed by atoms with Crippen LogP contribution >= 0.6 is 0 Å². The van der Waals surface area contributed by atoms with E-state index in [0.717, 1.165) is 18.6 Å². The number of carbonyl (C=O) groups is 2. The second kappa shape index (κ2) is 6.41. The standard InChI is InChI=1S/C15H19NO4/c1-20-11-6-4-10(5-7-11)3-2-8-16-14(17)12-9-13(12)15(18)19/h4-7,12-13H,2-3,8-9H2,1H3,(H,16,17)(H,18,19)/t12-,13+/m1/s1. The Morgan fingerprint density at radius 1 is 1.30 bits per heavy atom. The number of aryl methyl sites for hydroxylation is 1. The Kier molecular flexibility index (Phi) is 4.61. The van der Waals surface area contributed by atoms with Gasteiger partial charge in [0.05, 0.1) is 18.9 Å². The van der Waals surface area contributed by atoms with Gasteiger partial charge in [0.2, 0.25) is 5.91 Å². The predicted octanol–water partition coefficient (Wildman–Crippen LogP) is 1.46. The van der Waals surface area contributed by atoms with Crippen LogP contribution in [0.3, 0.4) is 0 Å². The highest BCUT2D eigenvalue weighted by molar-refractivity contribution is 5.89. The van der Waals surface area contributed by atoms with Gasteiger partial charge < -0.3 is 15.2 Å². The van der Waals surface area contributed by atoms with Crippen molar-refractivity contribution in [3.05, 3.63) is 29.8 Å². The highest BCUT2D eigenvalue weighted by Crippen LogP contribution is 2.38. The highest BCUT2D eigenvalue weighted by atomic mass is 16.5. The first kappa shape index (κ1) is 14.4. The first-order valence-electron chi connectivity index (χ1n) is 6.75. The summed E-state index contributed by atoms with van der Waals surface area (Å²) in [7, 11) is 1.63. The average Bonchev–Trinajstić information content (AvgIpc) is 3.24. The number of ether oxygens (including phenoxy) is 1. The Balaban J connectivity index is 1.64. The van der Waals surface area contributed by atoms with Crippen molar-refractivity contribution in [3.8, 4) is 5.75 Å². The Morgan fingerprint density at radius 3 is 2.55 bits per heavy atom. The number of amides is 1. The lowest BCUT2D eigenvalue weighted by molar-refractivity contribution is -0.140. The lowest BCUT2D eigenvalue weighted by Gasteiger charge is -2.05. The molecule has 2 N–H and O–H groups in total. The molecule has 1 saturated carbocycles. The number of carboxylic acids is 1. The minimum Gasteiger partial charge on any atom is -0.497 e. The van der Waals surface area contributed by atoms with Crippen molar-refractivity contribution in [2.45, 2.75) is 19.3 Å². The summed E-state index contributed by atoms with van der Waals surface area (Å²) < 4.78 is 5.08. The first-order valence-corrected chi connectivity index (χ1v) is 6.75.